The topological polar surface area (TPSA) is 70.5 Å². The van der Waals surface area contributed by atoms with Crippen LogP contribution in [0.15, 0.2) is 69.5 Å². The number of aromatic nitrogens is 2. The first-order valence-corrected chi connectivity index (χ1v) is 17.4. The number of ether oxygens (including phenoxy) is 2. The number of fused-ring (bicyclic) bond motifs is 3. The summed E-state index contributed by atoms with van der Waals surface area (Å²) in [6.07, 6.45) is 12.6. The van der Waals surface area contributed by atoms with Crippen LogP contribution in [0.1, 0.15) is 101 Å². The fourth-order valence-corrected chi connectivity index (χ4v) is 7.73. The molecular weight excluding hydrogens is 572 g/mol. The van der Waals surface area contributed by atoms with Crippen LogP contribution < -0.4 is 9.47 Å². The molecule has 2 aliphatic carbocycles. The van der Waals surface area contributed by atoms with E-state index in [1.54, 1.807) is 0 Å². The van der Waals surface area contributed by atoms with Crippen LogP contribution in [0.4, 0.5) is 0 Å². The van der Waals surface area contributed by atoms with Crippen LogP contribution in [0.25, 0.3) is 55.9 Å². The molecular formula is C40H42N2O4. The van der Waals surface area contributed by atoms with Gasteiger partial charge in [-0.05, 0) is 110 Å². The molecule has 236 valence electrons. The van der Waals surface area contributed by atoms with E-state index in [-0.39, 0.29) is 0 Å². The number of hydrogen-bond acceptors (Lipinski definition) is 6. The summed E-state index contributed by atoms with van der Waals surface area (Å²) in [5.74, 6) is 4.19. The minimum atomic E-state index is 0.529. The van der Waals surface area contributed by atoms with Crippen molar-refractivity contribution in [3.63, 3.8) is 0 Å². The van der Waals surface area contributed by atoms with E-state index >= 15 is 0 Å². The lowest BCUT2D eigenvalue weighted by atomic mass is 9.83. The van der Waals surface area contributed by atoms with Gasteiger partial charge in [0.15, 0.2) is 11.2 Å². The van der Waals surface area contributed by atoms with Crippen molar-refractivity contribution in [1.82, 2.24) is 9.97 Å². The molecule has 0 amide bonds. The molecule has 2 fully saturated rings. The van der Waals surface area contributed by atoms with Gasteiger partial charge in [0.2, 0.25) is 11.8 Å². The number of oxazole rings is 2. The standard InChI is InChI=1S/C40H42N2O4/c1-3-43-35-23-37-33(21-31(35)25-11-7-5-8-12-25)41-39(45-37)29-17-15-28-20-30(18-16-27(28)19-29)40-42-34-22-32(26-13-9-6-10-14-26)36(44-4-2)24-38(34)46-40/h15-26H,3-14H2,1-2H3. The third-order valence-electron chi connectivity index (χ3n) is 10.1. The molecule has 0 aliphatic heterocycles. The summed E-state index contributed by atoms with van der Waals surface area (Å²) in [5, 5.41) is 2.21. The lowest BCUT2D eigenvalue weighted by Crippen LogP contribution is -2.07. The smallest absolute Gasteiger partial charge is 0.227 e. The first-order chi connectivity index (χ1) is 22.7. The SMILES string of the molecule is CCOc1cc2oc(-c3ccc4cc(-c5nc6cc(C7CCCCC7)c(OCC)cc6o5)ccc4c3)nc2cc1C1CCCCC1. The van der Waals surface area contributed by atoms with Gasteiger partial charge in [-0.15, -0.1) is 0 Å². The third-order valence-corrected chi connectivity index (χ3v) is 10.1. The van der Waals surface area contributed by atoms with Crippen molar-refractivity contribution >= 4 is 33.0 Å². The van der Waals surface area contributed by atoms with E-state index in [0.29, 0.717) is 36.8 Å². The van der Waals surface area contributed by atoms with E-state index < -0.39 is 0 Å². The van der Waals surface area contributed by atoms with Crippen LogP contribution in [0.5, 0.6) is 11.5 Å². The Hall–Kier alpha value is -4.32. The normalized spacial score (nSPS) is 16.5. The summed E-state index contributed by atoms with van der Waals surface area (Å²) >= 11 is 0. The van der Waals surface area contributed by atoms with E-state index in [9.17, 15) is 0 Å². The minimum Gasteiger partial charge on any atom is -0.493 e. The molecule has 6 aromatic rings. The highest BCUT2D eigenvalue weighted by molar-refractivity contribution is 5.91. The Morgan fingerprint density at radius 3 is 1.41 bits per heavy atom. The Bertz CT molecular complexity index is 1860. The molecule has 0 N–H and O–H groups in total. The predicted octanol–water partition coefficient (Wildman–Crippen LogP) is 11.3. The largest absolute Gasteiger partial charge is 0.493 e. The van der Waals surface area contributed by atoms with Gasteiger partial charge in [0.25, 0.3) is 0 Å². The number of hydrogen-bond donors (Lipinski definition) is 0. The molecule has 6 nitrogen and oxygen atoms in total. The lowest BCUT2D eigenvalue weighted by Gasteiger charge is -2.24. The lowest BCUT2D eigenvalue weighted by molar-refractivity contribution is 0.328. The van der Waals surface area contributed by atoms with Crippen LogP contribution in [0.3, 0.4) is 0 Å². The van der Waals surface area contributed by atoms with E-state index in [2.05, 4.69) is 48.5 Å². The quantitative estimate of drug-likeness (QED) is 0.170. The second-order valence-corrected chi connectivity index (χ2v) is 13.1. The van der Waals surface area contributed by atoms with Crippen LogP contribution in [-0.2, 0) is 0 Å². The van der Waals surface area contributed by atoms with E-state index in [0.717, 1.165) is 55.6 Å². The summed E-state index contributed by atoms with van der Waals surface area (Å²) in [6, 6.07) is 21.2. The van der Waals surface area contributed by atoms with Crippen LogP contribution >= 0.6 is 0 Å². The molecule has 2 saturated carbocycles. The van der Waals surface area contributed by atoms with Gasteiger partial charge in [-0.1, -0.05) is 50.7 Å². The van der Waals surface area contributed by atoms with Gasteiger partial charge >= 0.3 is 0 Å². The van der Waals surface area contributed by atoms with Crippen molar-refractivity contribution in [2.75, 3.05) is 13.2 Å². The van der Waals surface area contributed by atoms with Gasteiger partial charge in [-0.25, -0.2) is 9.97 Å². The summed E-state index contributed by atoms with van der Waals surface area (Å²) in [5.41, 5.74) is 7.78. The molecule has 2 aliphatic rings. The van der Waals surface area contributed by atoms with Crippen molar-refractivity contribution < 1.29 is 18.3 Å². The zero-order valence-electron chi connectivity index (χ0n) is 26.9. The van der Waals surface area contributed by atoms with Crippen molar-refractivity contribution in [2.24, 2.45) is 0 Å². The highest BCUT2D eigenvalue weighted by atomic mass is 16.5. The Morgan fingerprint density at radius 2 is 1.00 bits per heavy atom. The zero-order chi connectivity index (χ0) is 31.0. The fraction of sp³-hybridized carbons (Fsp3) is 0.400. The number of benzene rings is 4. The average molecular weight is 615 g/mol. The Labute approximate surface area is 270 Å². The summed E-state index contributed by atoms with van der Waals surface area (Å²) in [6.45, 7) is 5.35. The molecule has 0 spiro atoms. The maximum atomic E-state index is 6.31. The first-order valence-electron chi connectivity index (χ1n) is 17.4. The second kappa shape index (κ2) is 12.5. The number of nitrogens with zero attached hydrogens (tertiary/aromatic N) is 2. The van der Waals surface area contributed by atoms with Crippen LogP contribution in [-0.4, -0.2) is 23.2 Å². The van der Waals surface area contributed by atoms with Crippen molar-refractivity contribution in [1.29, 1.82) is 0 Å². The molecule has 0 radical (unpaired) electrons. The van der Waals surface area contributed by atoms with E-state index in [1.807, 2.05) is 26.0 Å². The molecule has 0 bridgehead atoms. The van der Waals surface area contributed by atoms with Gasteiger partial charge < -0.3 is 18.3 Å². The first kappa shape index (κ1) is 29.1. The fourth-order valence-electron chi connectivity index (χ4n) is 7.73. The maximum Gasteiger partial charge on any atom is 0.227 e. The maximum absolute atomic E-state index is 6.31. The average Bonchev–Trinajstić information content (AvgIpc) is 3.72. The van der Waals surface area contributed by atoms with Crippen molar-refractivity contribution in [3.8, 4) is 34.4 Å². The van der Waals surface area contributed by atoms with E-state index in [1.165, 1.54) is 75.3 Å². The van der Waals surface area contributed by atoms with Crippen molar-refractivity contribution in [3.05, 3.63) is 71.8 Å². The van der Waals surface area contributed by atoms with Gasteiger partial charge in [-0.2, -0.15) is 0 Å². The molecule has 0 unspecified atom stereocenters. The molecule has 0 atom stereocenters. The predicted molar refractivity (Wildman–Crippen MR) is 184 cm³/mol. The van der Waals surface area contributed by atoms with Gasteiger partial charge in [0, 0.05) is 23.3 Å². The van der Waals surface area contributed by atoms with Crippen LogP contribution in [0.2, 0.25) is 0 Å². The van der Waals surface area contributed by atoms with Crippen molar-refractivity contribution in [2.45, 2.75) is 89.9 Å². The highest BCUT2D eigenvalue weighted by Crippen LogP contribution is 2.42. The van der Waals surface area contributed by atoms with Crippen LogP contribution in [0, 0.1) is 0 Å². The summed E-state index contributed by atoms with van der Waals surface area (Å²) < 4.78 is 24.8. The highest BCUT2D eigenvalue weighted by Gasteiger charge is 2.24. The third kappa shape index (κ3) is 5.52. The Kier molecular flexibility index (Phi) is 7.89. The molecule has 46 heavy (non-hydrogen) atoms. The van der Waals surface area contributed by atoms with Gasteiger partial charge in [0.1, 0.15) is 22.5 Å². The van der Waals surface area contributed by atoms with Gasteiger partial charge in [-0.3, -0.25) is 0 Å². The Balaban J connectivity index is 1.10. The van der Waals surface area contributed by atoms with E-state index in [4.69, 9.17) is 28.3 Å². The molecule has 8 rings (SSSR count). The molecule has 6 heteroatoms. The summed E-state index contributed by atoms with van der Waals surface area (Å²) in [7, 11) is 0. The molecule has 4 aromatic carbocycles. The number of rotatable bonds is 8. The Morgan fingerprint density at radius 1 is 0.565 bits per heavy atom. The van der Waals surface area contributed by atoms with Gasteiger partial charge in [0.05, 0.1) is 13.2 Å². The summed E-state index contributed by atoms with van der Waals surface area (Å²) in [4.78, 5) is 9.88. The zero-order valence-corrected chi connectivity index (χ0v) is 26.9. The molecule has 2 heterocycles. The molecule has 0 saturated heterocycles. The minimum absolute atomic E-state index is 0.529. The molecule has 2 aromatic heterocycles. The second-order valence-electron chi connectivity index (χ2n) is 13.1. The monoisotopic (exact) mass is 614 g/mol.